The van der Waals surface area contributed by atoms with Crippen molar-refractivity contribution >= 4 is 59.2 Å². The lowest BCUT2D eigenvalue weighted by Crippen LogP contribution is -2.44. The molecule has 0 fully saturated rings. The van der Waals surface area contributed by atoms with Crippen molar-refractivity contribution in [1.29, 1.82) is 0 Å². The monoisotopic (exact) mass is 276 g/mol. The molecule has 16 heavy (non-hydrogen) atoms. The number of amides is 2. The largest absolute Gasteiger partial charge is 0.319 e. The zero-order valence-electron chi connectivity index (χ0n) is 7.99. The molecule has 0 bridgehead atoms. The minimum Gasteiger partial charge on any atom is -0.319 e. The van der Waals surface area contributed by atoms with Gasteiger partial charge in [0.05, 0.1) is 16.4 Å². The van der Waals surface area contributed by atoms with E-state index in [2.05, 4.69) is 47.2 Å². The fourth-order valence-corrected chi connectivity index (χ4v) is 1.05. The van der Waals surface area contributed by atoms with Crippen LogP contribution >= 0.6 is 37.1 Å². The van der Waals surface area contributed by atoms with Gasteiger partial charge in [-0.3, -0.25) is 9.59 Å². The number of nitrogens with two attached hydrogens (primary N) is 1. The van der Waals surface area contributed by atoms with Crippen molar-refractivity contribution in [2.75, 3.05) is 12.3 Å². The number of isothiocyanates is 2. The first-order valence-corrected chi connectivity index (χ1v) is 5.38. The van der Waals surface area contributed by atoms with E-state index in [0.29, 0.717) is 0 Å². The third kappa shape index (κ3) is 5.22. The van der Waals surface area contributed by atoms with E-state index < -0.39 is 24.4 Å². The van der Waals surface area contributed by atoms with Gasteiger partial charge in [-0.15, -0.1) is 5.10 Å². The summed E-state index contributed by atoms with van der Waals surface area (Å²) in [6, 6.07) is -0.875. The number of aliphatic imine (C=N–C) groups is 1. The second kappa shape index (κ2) is 8.23. The minimum atomic E-state index is -0.875. The van der Waals surface area contributed by atoms with Crippen molar-refractivity contribution in [2.45, 2.75) is 6.04 Å². The van der Waals surface area contributed by atoms with Gasteiger partial charge in [-0.25, -0.2) is 5.01 Å². The van der Waals surface area contributed by atoms with Crippen LogP contribution < -0.4 is 5.73 Å². The first kappa shape index (κ1) is 15.0. The first-order chi connectivity index (χ1) is 7.56. The lowest BCUT2D eigenvalue weighted by Gasteiger charge is -2.16. The molecule has 0 spiro atoms. The third-order valence-corrected chi connectivity index (χ3v) is 1.95. The minimum absolute atomic E-state index is 0.118. The Morgan fingerprint density at radius 3 is 2.50 bits per heavy atom. The fourth-order valence-electron chi connectivity index (χ4n) is 0.696. The molecule has 1 atom stereocenters. The maximum absolute atomic E-state index is 11.5. The second-order valence-electron chi connectivity index (χ2n) is 2.47. The number of thiol groups is 1. The van der Waals surface area contributed by atoms with Gasteiger partial charge in [0.2, 0.25) is 0 Å². The highest BCUT2D eigenvalue weighted by atomic mass is 32.1. The first-order valence-electron chi connectivity index (χ1n) is 3.93. The van der Waals surface area contributed by atoms with Gasteiger partial charge >= 0.3 is 0 Å². The number of hydrogen-bond acceptors (Lipinski definition) is 7. The van der Waals surface area contributed by atoms with Crippen LogP contribution in [0.2, 0.25) is 0 Å². The highest BCUT2D eigenvalue weighted by Crippen LogP contribution is 1.97. The molecule has 0 aromatic rings. The lowest BCUT2D eigenvalue weighted by molar-refractivity contribution is -0.135. The fraction of sp³-hybridized carbons (Fsp3) is 0.429. The summed E-state index contributed by atoms with van der Waals surface area (Å²) in [5, 5.41) is 8.03. The standard InChI is InChI=1S/C7H8N4O2S3/c8-5(2-14)7(13)11(10-4-16)1-6(12)9-3-15/h5,14H,1-2,8H2/t5-/m0/s1. The normalized spacial score (nSPS) is 10.6. The maximum Gasteiger partial charge on any atom is 0.276 e. The Bertz CT molecular complexity index is 374. The zero-order valence-corrected chi connectivity index (χ0v) is 10.5. The van der Waals surface area contributed by atoms with Crippen molar-refractivity contribution in [3.8, 4) is 0 Å². The van der Waals surface area contributed by atoms with E-state index in [-0.39, 0.29) is 5.75 Å². The van der Waals surface area contributed by atoms with E-state index in [4.69, 9.17) is 5.73 Å². The number of thiocarbonyl (C=S) groups is 2. The van der Waals surface area contributed by atoms with Crippen LogP contribution in [0.5, 0.6) is 0 Å². The van der Waals surface area contributed by atoms with Crippen LogP contribution in [0.3, 0.4) is 0 Å². The quantitative estimate of drug-likeness (QED) is 0.312. The van der Waals surface area contributed by atoms with E-state index in [0.717, 1.165) is 5.01 Å². The van der Waals surface area contributed by atoms with Crippen LogP contribution in [0, 0.1) is 0 Å². The average Bonchev–Trinajstić information content (AvgIpc) is 2.26. The Labute approximate surface area is 108 Å². The molecule has 0 heterocycles. The van der Waals surface area contributed by atoms with Crippen molar-refractivity contribution in [3.63, 3.8) is 0 Å². The molecule has 6 nitrogen and oxygen atoms in total. The lowest BCUT2D eigenvalue weighted by atomic mass is 10.3. The molecule has 0 aromatic carbocycles. The van der Waals surface area contributed by atoms with Crippen LogP contribution in [-0.4, -0.2) is 45.5 Å². The Morgan fingerprint density at radius 2 is 2.06 bits per heavy atom. The van der Waals surface area contributed by atoms with E-state index in [1.165, 1.54) is 0 Å². The molecule has 0 aliphatic carbocycles. The van der Waals surface area contributed by atoms with E-state index in [9.17, 15) is 9.59 Å². The van der Waals surface area contributed by atoms with Crippen LogP contribution in [0.4, 0.5) is 0 Å². The maximum atomic E-state index is 11.5. The number of hydrazone groups is 1. The summed E-state index contributed by atoms with van der Waals surface area (Å²) in [6.07, 6.45) is 0. The molecule has 86 valence electrons. The molecule has 0 rings (SSSR count). The number of carbonyl (C=O) groups is 2. The molecule has 2 N–H and O–H groups in total. The van der Waals surface area contributed by atoms with Gasteiger partial charge in [0.15, 0.2) is 0 Å². The molecule has 9 heteroatoms. The number of hydrogen-bond donors (Lipinski definition) is 2. The third-order valence-electron chi connectivity index (χ3n) is 1.39. The summed E-state index contributed by atoms with van der Waals surface area (Å²) in [7, 11) is 0. The number of rotatable bonds is 5. The summed E-state index contributed by atoms with van der Waals surface area (Å²) in [5.74, 6) is -1.16. The predicted octanol–water partition coefficient (Wildman–Crippen LogP) is -0.281. The molecule has 2 amide bonds. The summed E-state index contributed by atoms with van der Waals surface area (Å²) in [4.78, 5) is 25.8. The molecule has 0 saturated heterocycles. The Hall–Kier alpha value is -0.950. The summed E-state index contributed by atoms with van der Waals surface area (Å²) in [6.45, 7) is -0.409. The van der Waals surface area contributed by atoms with Crippen LogP contribution in [0.25, 0.3) is 0 Å². The van der Waals surface area contributed by atoms with Crippen LogP contribution in [0.1, 0.15) is 0 Å². The van der Waals surface area contributed by atoms with Gasteiger partial charge in [-0.05, 0) is 24.4 Å². The topological polar surface area (TPSA) is 88.1 Å². The number of carbonyl (C=O) groups excluding carboxylic acids is 2. The average molecular weight is 276 g/mol. The molecule has 0 aliphatic rings. The molecular formula is C7H8N4O2S3. The highest BCUT2D eigenvalue weighted by molar-refractivity contribution is 7.80. The van der Waals surface area contributed by atoms with Gasteiger partial charge in [0.25, 0.3) is 11.8 Å². The summed E-state index contributed by atoms with van der Waals surface area (Å²) in [5.41, 5.74) is 5.43. The predicted molar refractivity (Wildman–Crippen MR) is 68.6 cm³/mol. The second-order valence-corrected chi connectivity index (χ2v) is 3.20. The Kier molecular flexibility index (Phi) is 7.74. The van der Waals surface area contributed by atoms with Crippen molar-refractivity contribution in [1.82, 2.24) is 5.01 Å². The van der Waals surface area contributed by atoms with Gasteiger partial charge in [-0.2, -0.15) is 17.6 Å². The molecule has 0 radical (unpaired) electrons. The zero-order chi connectivity index (χ0) is 12.6. The summed E-state index contributed by atoms with van der Waals surface area (Å²) < 4.78 is 0. The number of nitrogens with zero attached hydrogens (tertiary/aromatic N) is 3. The van der Waals surface area contributed by atoms with Crippen molar-refractivity contribution < 1.29 is 9.59 Å². The van der Waals surface area contributed by atoms with Gasteiger partial charge < -0.3 is 5.73 Å². The Morgan fingerprint density at radius 1 is 1.44 bits per heavy atom. The SMILES string of the molecule is N[C@@H](CS)C(=O)N(CC(=O)N=C=S)N=C=S. The molecular weight excluding hydrogens is 268 g/mol. The highest BCUT2D eigenvalue weighted by Gasteiger charge is 2.21. The molecule has 0 unspecified atom stereocenters. The molecule has 0 aliphatic heterocycles. The molecule has 0 aromatic heterocycles. The van der Waals surface area contributed by atoms with E-state index in [1.807, 2.05) is 10.3 Å². The van der Waals surface area contributed by atoms with Gasteiger partial charge in [0, 0.05) is 5.75 Å². The van der Waals surface area contributed by atoms with Crippen molar-refractivity contribution in [2.24, 2.45) is 15.8 Å². The van der Waals surface area contributed by atoms with Crippen LogP contribution in [-0.2, 0) is 9.59 Å². The van der Waals surface area contributed by atoms with Gasteiger partial charge in [-0.1, -0.05) is 0 Å². The summed E-state index contributed by atoms with van der Waals surface area (Å²) >= 11 is 12.4. The Balaban J connectivity index is 4.74. The van der Waals surface area contributed by atoms with Gasteiger partial charge in [0.1, 0.15) is 6.54 Å². The van der Waals surface area contributed by atoms with Crippen molar-refractivity contribution in [3.05, 3.63) is 0 Å². The molecule has 0 saturated carbocycles. The smallest absolute Gasteiger partial charge is 0.276 e. The van der Waals surface area contributed by atoms with E-state index in [1.54, 1.807) is 0 Å². The van der Waals surface area contributed by atoms with Crippen LogP contribution in [0.15, 0.2) is 10.1 Å². The van der Waals surface area contributed by atoms with E-state index >= 15 is 0 Å².